The second-order valence-electron chi connectivity index (χ2n) is 16.7. The van der Waals surface area contributed by atoms with Crippen molar-refractivity contribution in [2.24, 2.45) is 11.8 Å². The minimum Gasteiger partial charge on any atom is -0.310 e. The standard InChI is InChI=1S/C50H49N/c1-50(2)46-20-11-19-43(42-18-10-15-34-14-6-7-16-40(34)42)49(46)44-29-28-39(32-47(44)50)51(48-21-9-8-17-41(48)35-12-4-3-5-13-35)38-26-24-36(25-27-38)45-31-33-22-23-37(45)30-33/h6-11,14-21,24-29,32-33,35,37,45H,3-5,12-13,22-23,30-31H2,1-2H3. The predicted octanol–water partition coefficient (Wildman–Crippen LogP) is 14.2. The van der Waals surface area contributed by atoms with Gasteiger partial charge in [0, 0.05) is 22.5 Å². The summed E-state index contributed by atoms with van der Waals surface area (Å²) in [7, 11) is 0. The molecule has 6 aromatic carbocycles. The van der Waals surface area contributed by atoms with Gasteiger partial charge in [-0.2, -0.15) is 0 Å². The highest BCUT2D eigenvalue weighted by atomic mass is 15.1. The number of fused-ring (bicyclic) bond motifs is 6. The molecule has 1 nitrogen and oxygen atoms in total. The molecule has 4 aliphatic carbocycles. The first-order chi connectivity index (χ1) is 25.0. The van der Waals surface area contributed by atoms with Crippen LogP contribution in [0.4, 0.5) is 17.1 Å². The monoisotopic (exact) mass is 663 g/mol. The van der Waals surface area contributed by atoms with Gasteiger partial charge >= 0.3 is 0 Å². The fourth-order valence-corrected chi connectivity index (χ4v) is 11.0. The van der Waals surface area contributed by atoms with Crippen LogP contribution in [0.15, 0.2) is 127 Å². The first-order valence-corrected chi connectivity index (χ1v) is 19.8. The summed E-state index contributed by atoms with van der Waals surface area (Å²) in [5.74, 6) is 3.21. The second kappa shape index (κ2) is 12.3. The molecule has 3 fully saturated rings. The Hall–Kier alpha value is -4.62. The van der Waals surface area contributed by atoms with Gasteiger partial charge in [0.25, 0.3) is 0 Å². The molecule has 0 aliphatic heterocycles. The SMILES string of the molecule is CC1(C)c2cc(N(c3ccc(C4CC5CCC4C5)cc3)c3ccccc3C3CCCCC3)ccc2-c2c(-c3cccc4ccccc34)cccc21. The number of anilines is 3. The Labute approximate surface area is 304 Å². The molecule has 2 bridgehead atoms. The van der Waals surface area contributed by atoms with Gasteiger partial charge in [0.05, 0.1) is 0 Å². The Morgan fingerprint density at radius 1 is 0.569 bits per heavy atom. The van der Waals surface area contributed by atoms with Gasteiger partial charge in [-0.05, 0) is 141 Å². The van der Waals surface area contributed by atoms with E-state index in [0.717, 1.165) is 17.8 Å². The van der Waals surface area contributed by atoms with Crippen molar-refractivity contribution in [3.8, 4) is 22.3 Å². The highest BCUT2D eigenvalue weighted by molar-refractivity contribution is 6.03. The Morgan fingerprint density at radius 2 is 1.31 bits per heavy atom. The lowest BCUT2D eigenvalue weighted by Gasteiger charge is -2.33. The largest absolute Gasteiger partial charge is 0.310 e. The van der Waals surface area contributed by atoms with Crippen LogP contribution in [-0.2, 0) is 5.41 Å². The molecule has 3 unspecified atom stereocenters. The normalized spacial score (nSPS) is 21.9. The molecular weight excluding hydrogens is 615 g/mol. The molecule has 0 spiro atoms. The molecule has 0 N–H and O–H groups in total. The molecule has 0 saturated heterocycles. The van der Waals surface area contributed by atoms with Crippen molar-refractivity contribution in [1.29, 1.82) is 0 Å². The average Bonchev–Trinajstić information content (AvgIpc) is 3.88. The van der Waals surface area contributed by atoms with Gasteiger partial charge in [0.15, 0.2) is 0 Å². The van der Waals surface area contributed by atoms with E-state index in [9.17, 15) is 0 Å². The van der Waals surface area contributed by atoms with Crippen molar-refractivity contribution in [3.05, 3.63) is 150 Å². The molecule has 0 aromatic heterocycles. The quantitative estimate of drug-likeness (QED) is 0.171. The summed E-state index contributed by atoms with van der Waals surface area (Å²) in [6.07, 6.45) is 12.3. The van der Waals surface area contributed by atoms with E-state index in [-0.39, 0.29) is 5.41 Å². The highest BCUT2D eigenvalue weighted by Gasteiger charge is 2.40. The third kappa shape index (κ3) is 5.10. The minimum atomic E-state index is -0.124. The maximum atomic E-state index is 2.60. The van der Waals surface area contributed by atoms with Gasteiger partial charge in [0.1, 0.15) is 0 Å². The van der Waals surface area contributed by atoms with Gasteiger partial charge < -0.3 is 4.90 Å². The fourth-order valence-electron chi connectivity index (χ4n) is 11.0. The molecule has 51 heavy (non-hydrogen) atoms. The molecule has 0 amide bonds. The van der Waals surface area contributed by atoms with Crippen LogP contribution in [0.5, 0.6) is 0 Å². The lowest BCUT2D eigenvalue weighted by atomic mass is 9.81. The summed E-state index contributed by atoms with van der Waals surface area (Å²) in [6, 6.07) is 49.1. The van der Waals surface area contributed by atoms with Crippen LogP contribution in [0.2, 0.25) is 0 Å². The van der Waals surface area contributed by atoms with Crippen molar-refractivity contribution in [3.63, 3.8) is 0 Å². The number of rotatable bonds is 6. The van der Waals surface area contributed by atoms with Crippen molar-refractivity contribution in [2.45, 2.75) is 88.9 Å². The number of nitrogens with zero attached hydrogens (tertiary/aromatic N) is 1. The average molecular weight is 664 g/mol. The third-order valence-electron chi connectivity index (χ3n) is 13.6. The third-order valence-corrected chi connectivity index (χ3v) is 13.6. The Balaban J connectivity index is 1.12. The van der Waals surface area contributed by atoms with Crippen molar-refractivity contribution >= 4 is 27.8 Å². The van der Waals surface area contributed by atoms with Gasteiger partial charge in [-0.1, -0.05) is 137 Å². The number of benzene rings is 6. The summed E-state index contributed by atoms with van der Waals surface area (Å²) < 4.78 is 0. The van der Waals surface area contributed by atoms with Crippen LogP contribution >= 0.6 is 0 Å². The lowest BCUT2D eigenvalue weighted by molar-refractivity contribution is 0.420. The van der Waals surface area contributed by atoms with Crippen LogP contribution in [0, 0.1) is 11.8 Å². The molecule has 3 atom stereocenters. The number of hydrogen-bond acceptors (Lipinski definition) is 1. The van der Waals surface area contributed by atoms with Crippen LogP contribution in [0.25, 0.3) is 33.0 Å². The summed E-state index contributed by atoms with van der Waals surface area (Å²) in [4.78, 5) is 2.60. The van der Waals surface area contributed by atoms with Gasteiger partial charge in [-0.15, -0.1) is 0 Å². The zero-order chi connectivity index (χ0) is 34.1. The van der Waals surface area contributed by atoms with E-state index in [0.29, 0.717) is 5.92 Å². The van der Waals surface area contributed by atoms with Gasteiger partial charge in [0.2, 0.25) is 0 Å². The van der Waals surface area contributed by atoms with Crippen LogP contribution in [-0.4, -0.2) is 0 Å². The van der Waals surface area contributed by atoms with E-state index in [1.165, 1.54) is 125 Å². The zero-order valence-electron chi connectivity index (χ0n) is 30.2. The number of hydrogen-bond donors (Lipinski definition) is 0. The van der Waals surface area contributed by atoms with E-state index in [4.69, 9.17) is 0 Å². The minimum absolute atomic E-state index is 0.124. The maximum Gasteiger partial charge on any atom is 0.0496 e. The van der Waals surface area contributed by atoms with E-state index in [2.05, 4.69) is 146 Å². The molecular formula is C50H49N. The molecule has 254 valence electrons. The van der Waals surface area contributed by atoms with Crippen LogP contribution < -0.4 is 4.90 Å². The Morgan fingerprint density at radius 3 is 2.14 bits per heavy atom. The molecule has 1 heteroatoms. The van der Waals surface area contributed by atoms with E-state index >= 15 is 0 Å². The van der Waals surface area contributed by atoms with E-state index in [1.807, 2.05) is 0 Å². The maximum absolute atomic E-state index is 2.60. The summed E-state index contributed by atoms with van der Waals surface area (Å²) in [5, 5.41) is 2.61. The number of para-hydroxylation sites is 1. The van der Waals surface area contributed by atoms with Crippen LogP contribution in [0.1, 0.15) is 106 Å². The topological polar surface area (TPSA) is 3.24 Å². The highest BCUT2D eigenvalue weighted by Crippen LogP contribution is 2.56. The first kappa shape index (κ1) is 31.1. The van der Waals surface area contributed by atoms with Gasteiger partial charge in [-0.3, -0.25) is 0 Å². The second-order valence-corrected chi connectivity index (χ2v) is 16.7. The smallest absolute Gasteiger partial charge is 0.0496 e. The zero-order valence-corrected chi connectivity index (χ0v) is 30.2. The fraction of sp³-hybridized carbons (Fsp3) is 0.320. The van der Waals surface area contributed by atoms with Crippen molar-refractivity contribution < 1.29 is 0 Å². The first-order valence-electron chi connectivity index (χ1n) is 19.8. The molecule has 10 rings (SSSR count). The van der Waals surface area contributed by atoms with E-state index in [1.54, 1.807) is 5.56 Å². The molecule has 0 radical (unpaired) electrons. The Bertz CT molecular complexity index is 2250. The Kier molecular flexibility index (Phi) is 7.49. The molecule has 6 aromatic rings. The van der Waals surface area contributed by atoms with E-state index < -0.39 is 0 Å². The summed E-state index contributed by atoms with van der Waals surface area (Å²) in [6.45, 7) is 4.86. The van der Waals surface area contributed by atoms with Gasteiger partial charge in [-0.25, -0.2) is 0 Å². The predicted molar refractivity (Wildman–Crippen MR) is 216 cm³/mol. The summed E-state index contributed by atoms with van der Waals surface area (Å²) >= 11 is 0. The van der Waals surface area contributed by atoms with Crippen molar-refractivity contribution in [1.82, 2.24) is 0 Å². The molecule has 0 heterocycles. The molecule has 4 aliphatic rings. The van der Waals surface area contributed by atoms with Crippen LogP contribution in [0.3, 0.4) is 0 Å². The summed E-state index contributed by atoms with van der Waals surface area (Å²) in [5.41, 5.74) is 15.1. The lowest BCUT2D eigenvalue weighted by Crippen LogP contribution is -2.18. The molecule has 3 saturated carbocycles. The van der Waals surface area contributed by atoms with Crippen molar-refractivity contribution in [2.75, 3.05) is 4.90 Å².